The molecule has 1 amide bonds. The maximum absolute atomic E-state index is 13.4. The van der Waals surface area contributed by atoms with Gasteiger partial charge in [-0.25, -0.2) is 18.0 Å². The molecule has 1 N–H and O–H groups in total. The standard InChI is InChI=1S/C24H29N3O4S2/c1-4-27(15-25)22(29)19(11-16-13-32-20-8-6-5-7-18(16)20)26-33(30,31)14-24-10-9-17(12-21(24)28)23(24,2)3/h5-8,13,17,19,26H,4,9-12,14H2,1-3H3. The van der Waals surface area contributed by atoms with Crippen LogP contribution in [0.25, 0.3) is 10.1 Å². The first-order valence-electron chi connectivity index (χ1n) is 11.2. The Morgan fingerprint density at radius 2 is 2.09 bits per heavy atom. The van der Waals surface area contributed by atoms with Gasteiger partial charge in [0, 0.05) is 23.1 Å². The van der Waals surface area contributed by atoms with E-state index in [2.05, 4.69) is 4.72 Å². The smallest absolute Gasteiger partial charge is 0.254 e. The molecule has 2 aliphatic rings. The van der Waals surface area contributed by atoms with Crippen molar-refractivity contribution in [2.24, 2.45) is 16.7 Å². The summed E-state index contributed by atoms with van der Waals surface area (Å²) in [6.07, 6.45) is 3.80. The van der Waals surface area contributed by atoms with E-state index >= 15 is 0 Å². The van der Waals surface area contributed by atoms with Crippen molar-refractivity contribution in [1.29, 1.82) is 5.26 Å². The summed E-state index contributed by atoms with van der Waals surface area (Å²) >= 11 is 1.53. The van der Waals surface area contributed by atoms with E-state index in [1.165, 1.54) is 11.3 Å². The SMILES string of the molecule is CCN(C#N)C(=O)C(Cc1csc2ccccc12)NS(=O)(=O)CC12CCC(CC1=O)C2(C)C. The van der Waals surface area contributed by atoms with Gasteiger partial charge >= 0.3 is 0 Å². The molecular weight excluding hydrogens is 458 g/mol. The van der Waals surface area contributed by atoms with E-state index in [1.54, 1.807) is 6.92 Å². The van der Waals surface area contributed by atoms with Crippen molar-refractivity contribution in [3.63, 3.8) is 0 Å². The molecule has 1 aromatic carbocycles. The van der Waals surface area contributed by atoms with Crippen LogP contribution in [0.5, 0.6) is 0 Å². The van der Waals surface area contributed by atoms with Crippen LogP contribution in [0.15, 0.2) is 29.6 Å². The number of nitrogens with one attached hydrogen (secondary N) is 1. The zero-order valence-electron chi connectivity index (χ0n) is 19.1. The summed E-state index contributed by atoms with van der Waals surface area (Å²) in [6, 6.07) is 6.62. The highest BCUT2D eigenvalue weighted by atomic mass is 32.2. The van der Waals surface area contributed by atoms with E-state index in [-0.39, 0.29) is 30.4 Å². The first kappa shape index (κ1) is 23.9. The van der Waals surface area contributed by atoms with Crippen LogP contribution in [-0.2, 0) is 26.0 Å². The van der Waals surface area contributed by atoms with Gasteiger partial charge in [-0.05, 0) is 59.9 Å². The second kappa shape index (κ2) is 8.49. The predicted octanol–water partition coefficient (Wildman–Crippen LogP) is 3.46. The second-order valence-electron chi connectivity index (χ2n) is 9.74. The Morgan fingerprint density at radius 3 is 2.70 bits per heavy atom. The first-order valence-corrected chi connectivity index (χ1v) is 13.8. The summed E-state index contributed by atoms with van der Waals surface area (Å²) in [5.74, 6) is -0.704. The van der Waals surface area contributed by atoms with Gasteiger partial charge in [-0.2, -0.15) is 5.26 Å². The number of hydrogen-bond donors (Lipinski definition) is 1. The third-order valence-corrected chi connectivity index (χ3v) is 10.4. The maximum Gasteiger partial charge on any atom is 0.254 e. The Bertz CT molecular complexity index is 1240. The topological polar surface area (TPSA) is 107 Å². The predicted molar refractivity (Wildman–Crippen MR) is 128 cm³/mol. The van der Waals surface area contributed by atoms with E-state index in [1.807, 2.05) is 49.7 Å². The lowest BCUT2D eigenvalue weighted by Crippen LogP contribution is -2.52. The van der Waals surface area contributed by atoms with Crippen molar-refractivity contribution >= 4 is 43.1 Å². The third-order valence-electron chi connectivity index (χ3n) is 7.88. The van der Waals surface area contributed by atoms with Gasteiger partial charge in [0.15, 0.2) is 6.19 Å². The van der Waals surface area contributed by atoms with Crippen LogP contribution < -0.4 is 4.72 Å². The molecule has 2 aliphatic carbocycles. The number of Topliss-reactive ketones (excluding diaryl/α,β-unsaturated/α-hetero) is 1. The van der Waals surface area contributed by atoms with Crippen LogP contribution in [-0.4, -0.2) is 43.3 Å². The lowest BCUT2D eigenvalue weighted by molar-refractivity contribution is -0.129. The van der Waals surface area contributed by atoms with Crippen LogP contribution in [0.1, 0.15) is 45.6 Å². The molecule has 33 heavy (non-hydrogen) atoms. The molecular formula is C24H29N3O4S2. The molecule has 176 valence electrons. The fourth-order valence-corrected chi connectivity index (χ4v) is 8.75. The van der Waals surface area contributed by atoms with Gasteiger partial charge in [0.25, 0.3) is 5.91 Å². The number of thiophene rings is 1. The third kappa shape index (κ3) is 3.98. The minimum atomic E-state index is -3.99. The van der Waals surface area contributed by atoms with Crippen molar-refractivity contribution in [2.75, 3.05) is 12.3 Å². The van der Waals surface area contributed by atoms with Gasteiger partial charge in [-0.1, -0.05) is 32.0 Å². The molecule has 2 saturated carbocycles. The van der Waals surface area contributed by atoms with Gasteiger partial charge in [0.2, 0.25) is 10.0 Å². The number of ketones is 1. The number of nitriles is 1. The Kier molecular flexibility index (Phi) is 6.14. The van der Waals surface area contributed by atoms with E-state index in [0.717, 1.165) is 27.0 Å². The van der Waals surface area contributed by atoms with Gasteiger partial charge in [-0.3, -0.25) is 9.59 Å². The number of likely N-dealkylation sites (N-methyl/N-ethyl adjacent to an activating group) is 1. The number of sulfonamides is 1. The van der Waals surface area contributed by atoms with E-state index < -0.39 is 32.8 Å². The number of benzene rings is 1. The molecule has 2 bridgehead atoms. The second-order valence-corrected chi connectivity index (χ2v) is 12.4. The van der Waals surface area contributed by atoms with E-state index in [4.69, 9.17) is 0 Å². The van der Waals surface area contributed by atoms with Gasteiger partial charge in [0.1, 0.15) is 11.8 Å². The van der Waals surface area contributed by atoms with Crippen LogP contribution >= 0.6 is 11.3 Å². The Balaban J connectivity index is 1.64. The van der Waals surface area contributed by atoms with Gasteiger partial charge in [0.05, 0.1) is 5.75 Å². The molecule has 3 atom stereocenters. The van der Waals surface area contributed by atoms with Gasteiger partial charge < -0.3 is 0 Å². The van der Waals surface area contributed by atoms with E-state index in [0.29, 0.717) is 12.8 Å². The summed E-state index contributed by atoms with van der Waals surface area (Å²) < 4.78 is 30.4. The fourth-order valence-electron chi connectivity index (χ4n) is 5.75. The minimum absolute atomic E-state index is 0.00744. The van der Waals surface area contributed by atoms with Crippen LogP contribution in [0.2, 0.25) is 0 Å². The highest BCUT2D eigenvalue weighted by Crippen LogP contribution is 2.64. The quantitative estimate of drug-likeness (QED) is 0.453. The molecule has 0 saturated heterocycles. The average molecular weight is 488 g/mol. The lowest BCUT2D eigenvalue weighted by atomic mass is 9.70. The fraction of sp³-hybridized carbons (Fsp3) is 0.542. The summed E-state index contributed by atoms with van der Waals surface area (Å²) in [5.41, 5.74) is -0.474. The van der Waals surface area contributed by atoms with Crippen molar-refractivity contribution in [3.05, 3.63) is 35.2 Å². The summed E-state index contributed by atoms with van der Waals surface area (Å²) in [6.45, 7) is 5.79. The Labute approximate surface area is 198 Å². The molecule has 4 rings (SSSR count). The Morgan fingerprint density at radius 1 is 1.36 bits per heavy atom. The number of carbonyl (C=O) groups excluding carboxylic acids is 2. The monoisotopic (exact) mass is 487 g/mol. The normalized spacial score (nSPS) is 24.7. The number of hydrogen-bond acceptors (Lipinski definition) is 6. The summed E-state index contributed by atoms with van der Waals surface area (Å²) in [4.78, 5) is 27.0. The lowest BCUT2D eigenvalue weighted by Gasteiger charge is -2.36. The number of nitrogens with zero attached hydrogens (tertiary/aromatic N) is 2. The number of carbonyl (C=O) groups is 2. The van der Waals surface area contributed by atoms with E-state index in [9.17, 15) is 23.3 Å². The van der Waals surface area contributed by atoms with Crippen LogP contribution in [0.3, 0.4) is 0 Å². The van der Waals surface area contributed by atoms with Crippen molar-refractivity contribution < 1.29 is 18.0 Å². The zero-order valence-corrected chi connectivity index (χ0v) is 20.8. The van der Waals surface area contributed by atoms with Crippen LogP contribution in [0.4, 0.5) is 0 Å². The van der Waals surface area contributed by atoms with Crippen LogP contribution in [0, 0.1) is 28.2 Å². The molecule has 2 fully saturated rings. The molecule has 3 unspecified atom stereocenters. The molecule has 1 aromatic heterocycles. The first-order chi connectivity index (χ1) is 15.5. The zero-order chi connectivity index (χ0) is 24.0. The number of amides is 1. The summed E-state index contributed by atoms with van der Waals surface area (Å²) in [5, 5.41) is 12.3. The average Bonchev–Trinajstić information content (AvgIpc) is 3.33. The molecule has 2 aromatic rings. The highest BCUT2D eigenvalue weighted by molar-refractivity contribution is 7.89. The van der Waals surface area contributed by atoms with Crippen molar-refractivity contribution in [1.82, 2.24) is 9.62 Å². The number of fused-ring (bicyclic) bond motifs is 3. The highest BCUT2D eigenvalue weighted by Gasteiger charge is 2.65. The molecule has 9 heteroatoms. The largest absolute Gasteiger partial charge is 0.299 e. The minimum Gasteiger partial charge on any atom is -0.299 e. The molecule has 7 nitrogen and oxygen atoms in total. The molecule has 1 heterocycles. The van der Waals surface area contributed by atoms with Crippen molar-refractivity contribution in [2.45, 2.75) is 52.5 Å². The van der Waals surface area contributed by atoms with Gasteiger partial charge in [-0.15, -0.1) is 11.3 Å². The maximum atomic E-state index is 13.4. The van der Waals surface area contributed by atoms with Crippen molar-refractivity contribution in [3.8, 4) is 6.19 Å². The number of rotatable bonds is 8. The molecule has 0 radical (unpaired) electrons. The Hall–Kier alpha value is -2.28. The molecule has 0 aliphatic heterocycles. The summed E-state index contributed by atoms with van der Waals surface area (Å²) in [7, 11) is -3.99. The molecule has 0 spiro atoms.